The molecule has 0 heterocycles. The topological polar surface area (TPSA) is 38.4 Å². The Morgan fingerprint density at radius 3 is 2.56 bits per heavy atom. The van der Waals surface area contributed by atoms with Gasteiger partial charge in [-0.1, -0.05) is 6.08 Å². The molecule has 2 N–H and O–H groups in total. The fourth-order valence-electron chi connectivity index (χ4n) is 0.311. The van der Waals surface area contributed by atoms with Gasteiger partial charge in [0.15, 0.2) is 0 Å². The summed E-state index contributed by atoms with van der Waals surface area (Å²) < 4.78 is 0. The molecule has 0 fully saturated rings. The third-order valence-electron chi connectivity index (χ3n) is 0.835. The second-order valence-corrected chi connectivity index (χ2v) is 1.51. The van der Waals surface area contributed by atoms with E-state index in [1.165, 1.54) is 0 Å². The van der Waals surface area contributed by atoms with Crippen LogP contribution in [0.25, 0.3) is 0 Å². The summed E-state index contributed by atoms with van der Waals surface area (Å²) in [7, 11) is 0. The van der Waals surface area contributed by atoms with Crippen LogP contribution in [0.3, 0.4) is 0 Å². The molecule has 0 aliphatic carbocycles. The molecule has 0 bridgehead atoms. The molecule has 0 spiro atoms. The van der Waals surface area contributed by atoms with Crippen LogP contribution in [-0.2, 0) is 0 Å². The van der Waals surface area contributed by atoms with Crippen molar-refractivity contribution < 1.29 is 0 Å². The first kappa shape index (κ1) is 7.95. The first-order chi connectivity index (χ1) is 4.31. The zero-order valence-electron chi connectivity index (χ0n) is 5.83. The Balaban J connectivity index is 3.71. The molecular weight excluding hydrogens is 112 g/mol. The zero-order chi connectivity index (χ0) is 7.11. The van der Waals surface area contributed by atoms with Crippen LogP contribution < -0.4 is 5.73 Å². The van der Waals surface area contributed by atoms with Crippen molar-refractivity contribution in [3.05, 3.63) is 24.0 Å². The van der Waals surface area contributed by atoms with Gasteiger partial charge in [0.2, 0.25) is 0 Å². The van der Waals surface area contributed by atoms with Crippen LogP contribution in [0.15, 0.2) is 29.0 Å². The van der Waals surface area contributed by atoms with E-state index in [2.05, 4.69) is 4.99 Å². The van der Waals surface area contributed by atoms with Gasteiger partial charge in [0.25, 0.3) is 0 Å². The first-order valence-electron chi connectivity index (χ1n) is 2.87. The summed E-state index contributed by atoms with van der Waals surface area (Å²) in [5.74, 6) is 0. The summed E-state index contributed by atoms with van der Waals surface area (Å²) in [6.07, 6.45) is 6.94. The van der Waals surface area contributed by atoms with Crippen molar-refractivity contribution in [1.82, 2.24) is 0 Å². The van der Waals surface area contributed by atoms with Crippen LogP contribution in [0.1, 0.15) is 13.8 Å². The Bertz CT molecular complexity index is 143. The Hall–Kier alpha value is -1.05. The van der Waals surface area contributed by atoms with E-state index >= 15 is 0 Å². The Labute approximate surface area is 55.8 Å². The van der Waals surface area contributed by atoms with Crippen LogP contribution in [0.2, 0.25) is 0 Å². The summed E-state index contributed by atoms with van der Waals surface area (Å²) in [6.45, 7) is 3.74. The van der Waals surface area contributed by atoms with E-state index in [4.69, 9.17) is 5.73 Å². The molecule has 9 heavy (non-hydrogen) atoms. The minimum Gasteiger partial charge on any atom is -0.399 e. The van der Waals surface area contributed by atoms with Gasteiger partial charge in [-0.25, -0.2) is 0 Å². The third-order valence-corrected chi connectivity index (χ3v) is 0.835. The smallest absolute Gasteiger partial charge is 0.0286 e. The lowest BCUT2D eigenvalue weighted by Crippen LogP contribution is -1.89. The van der Waals surface area contributed by atoms with Crippen molar-refractivity contribution in [2.75, 3.05) is 0 Å². The highest BCUT2D eigenvalue weighted by Gasteiger charge is 1.72. The molecular formula is C7H12N2. The molecule has 0 aliphatic rings. The van der Waals surface area contributed by atoms with Gasteiger partial charge in [0.05, 0.1) is 0 Å². The van der Waals surface area contributed by atoms with Gasteiger partial charge in [-0.15, -0.1) is 0 Å². The van der Waals surface area contributed by atoms with Gasteiger partial charge < -0.3 is 5.73 Å². The maximum Gasteiger partial charge on any atom is 0.0286 e. The lowest BCUT2D eigenvalue weighted by atomic mass is 10.4. The van der Waals surface area contributed by atoms with Crippen LogP contribution in [0, 0.1) is 0 Å². The molecule has 2 heteroatoms. The molecule has 0 amide bonds. The van der Waals surface area contributed by atoms with Gasteiger partial charge in [-0.2, -0.15) is 0 Å². The molecule has 50 valence electrons. The average molecular weight is 124 g/mol. The van der Waals surface area contributed by atoms with Crippen LogP contribution >= 0.6 is 0 Å². The summed E-state index contributed by atoms with van der Waals surface area (Å²) in [4.78, 5) is 3.83. The van der Waals surface area contributed by atoms with E-state index in [9.17, 15) is 0 Å². The summed E-state index contributed by atoms with van der Waals surface area (Å²) in [6, 6.07) is 0. The highest BCUT2D eigenvalue weighted by molar-refractivity contribution is 5.54. The van der Waals surface area contributed by atoms with Gasteiger partial charge in [-0.3, -0.25) is 4.99 Å². The van der Waals surface area contributed by atoms with Crippen molar-refractivity contribution in [1.29, 1.82) is 0 Å². The van der Waals surface area contributed by atoms with Crippen molar-refractivity contribution in [2.24, 2.45) is 10.7 Å². The molecule has 2 nitrogen and oxygen atoms in total. The normalized spacial score (nSPS) is 13.8. The standard InChI is InChI=1S/C7H12N2/c1-3-7(8)5-6-9-4-2/h3-6H,8H2,1-2H3/b6-5-,7-3+,9-4?. The van der Waals surface area contributed by atoms with Crippen molar-refractivity contribution in [3.63, 3.8) is 0 Å². The summed E-state index contributed by atoms with van der Waals surface area (Å²) >= 11 is 0. The van der Waals surface area contributed by atoms with Crippen LogP contribution in [-0.4, -0.2) is 6.21 Å². The molecule has 0 aromatic rings. The number of rotatable bonds is 2. The van der Waals surface area contributed by atoms with E-state index in [0.717, 1.165) is 5.70 Å². The second kappa shape index (κ2) is 5.09. The van der Waals surface area contributed by atoms with Crippen molar-refractivity contribution in [3.8, 4) is 0 Å². The van der Waals surface area contributed by atoms with Gasteiger partial charge >= 0.3 is 0 Å². The van der Waals surface area contributed by atoms with Gasteiger partial charge in [0.1, 0.15) is 0 Å². The minimum absolute atomic E-state index is 0.737. The number of nitrogens with two attached hydrogens (primary N) is 1. The monoisotopic (exact) mass is 124 g/mol. The first-order valence-corrected chi connectivity index (χ1v) is 2.87. The van der Waals surface area contributed by atoms with E-state index in [1.807, 2.05) is 19.9 Å². The average Bonchev–Trinajstić information content (AvgIpc) is 1.89. The Kier molecular flexibility index (Phi) is 4.50. The predicted octanol–water partition coefficient (Wildman–Crippen LogP) is 1.45. The molecule has 0 atom stereocenters. The SMILES string of the molecule is CC=N/C=C\C(N)=C/C. The molecule has 0 saturated heterocycles. The number of allylic oxidation sites excluding steroid dienone is 2. The summed E-state index contributed by atoms with van der Waals surface area (Å²) in [5, 5.41) is 0. The minimum atomic E-state index is 0.737. The highest BCUT2D eigenvalue weighted by atomic mass is 14.7. The highest BCUT2D eigenvalue weighted by Crippen LogP contribution is 1.84. The molecule has 0 radical (unpaired) electrons. The molecule has 0 rings (SSSR count). The fraction of sp³-hybridized carbons (Fsp3) is 0.286. The second-order valence-electron chi connectivity index (χ2n) is 1.51. The van der Waals surface area contributed by atoms with E-state index in [1.54, 1.807) is 18.5 Å². The van der Waals surface area contributed by atoms with Crippen LogP contribution in [0.5, 0.6) is 0 Å². The Morgan fingerprint density at radius 1 is 1.44 bits per heavy atom. The largest absolute Gasteiger partial charge is 0.399 e. The number of aliphatic imine (C=N–C) groups is 1. The van der Waals surface area contributed by atoms with E-state index in [0.29, 0.717) is 0 Å². The lowest BCUT2D eigenvalue weighted by molar-refractivity contribution is 1.38. The lowest BCUT2D eigenvalue weighted by Gasteiger charge is -1.83. The third kappa shape index (κ3) is 4.81. The molecule has 0 aromatic heterocycles. The molecule has 0 unspecified atom stereocenters. The number of hydrogen-bond acceptors (Lipinski definition) is 2. The van der Waals surface area contributed by atoms with Gasteiger partial charge in [-0.05, 0) is 19.9 Å². The molecule has 0 aliphatic heterocycles. The van der Waals surface area contributed by atoms with Crippen molar-refractivity contribution in [2.45, 2.75) is 13.8 Å². The van der Waals surface area contributed by atoms with E-state index < -0.39 is 0 Å². The van der Waals surface area contributed by atoms with Crippen LogP contribution in [0.4, 0.5) is 0 Å². The Morgan fingerprint density at radius 2 is 2.11 bits per heavy atom. The fourth-order valence-corrected chi connectivity index (χ4v) is 0.311. The predicted molar refractivity (Wildman–Crippen MR) is 41.3 cm³/mol. The quantitative estimate of drug-likeness (QED) is 0.439. The van der Waals surface area contributed by atoms with Crippen molar-refractivity contribution >= 4 is 6.21 Å². The summed E-state index contributed by atoms with van der Waals surface area (Å²) in [5.41, 5.74) is 6.15. The maximum atomic E-state index is 5.41. The van der Waals surface area contributed by atoms with Gasteiger partial charge in [0, 0.05) is 18.1 Å². The zero-order valence-corrected chi connectivity index (χ0v) is 5.83. The molecule has 0 saturated carbocycles. The maximum absolute atomic E-state index is 5.41. The number of nitrogens with zero attached hydrogens (tertiary/aromatic N) is 1. The molecule has 0 aromatic carbocycles. The number of hydrogen-bond donors (Lipinski definition) is 1. The van der Waals surface area contributed by atoms with E-state index in [-0.39, 0.29) is 0 Å².